The van der Waals surface area contributed by atoms with Crippen LogP contribution >= 0.6 is 34.8 Å². The lowest BCUT2D eigenvalue weighted by atomic mass is 10.1. The van der Waals surface area contributed by atoms with Crippen molar-refractivity contribution in [3.05, 3.63) is 68.5 Å². The molecule has 0 saturated heterocycles. The van der Waals surface area contributed by atoms with Crippen molar-refractivity contribution < 1.29 is 9.18 Å². The molecular weight excluding hydrogens is 402 g/mol. The summed E-state index contributed by atoms with van der Waals surface area (Å²) in [4.78, 5) is 12.1. The Bertz CT molecular complexity index is 689. The molecule has 2 aromatic rings. The lowest BCUT2D eigenvalue weighted by Crippen LogP contribution is -2.23. The van der Waals surface area contributed by atoms with Crippen LogP contribution in [0.2, 0.25) is 0 Å². The van der Waals surface area contributed by atoms with Crippen molar-refractivity contribution in [3.63, 3.8) is 0 Å². The first kappa shape index (κ1) is 15.8. The van der Waals surface area contributed by atoms with Gasteiger partial charge in [0.15, 0.2) is 0 Å². The molecule has 2 rings (SSSR count). The summed E-state index contributed by atoms with van der Waals surface area (Å²) in [5.41, 5.74) is 6.83. The van der Waals surface area contributed by atoms with E-state index >= 15 is 0 Å². The van der Waals surface area contributed by atoms with Crippen LogP contribution in [0, 0.1) is 9.39 Å². The highest BCUT2D eigenvalue weighted by atomic mass is 127. The number of nitrogens with one attached hydrogen (secondary N) is 1. The molecule has 0 aliphatic rings. The second kappa shape index (κ2) is 6.95. The number of benzene rings is 2. The Morgan fingerprint density at radius 2 is 1.81 bits per heavy atom. The van der Waals surface area contributed by atoms with Gasteiger partial charge in [0, 0.05) is 26.8 Å². The van der Waals surface area contributed by atoms with Crippen molar-refractivity contribution in [2.45, 2.75) is 6.54 Å². The number of hydrogen-bond donors (Lipinski definition) is 2. The molecule has 1 amide bonds. The SMILES string of the molecule is NC(=S)c1ccc(CNC(=O)c2ccc(I)cc2)c(F)c1. The predicted octanol–water partition coefficient (Wildman–Crippen LogP) is 2.99. The van der Waals surface area contributed by atoms with Crippen molar-refractivity contribution >= 4 is 45.7 Å². The van der Waals surface area contributed by atoms with Crippen molar-refractivity contribution in [3.8, 4) is 0 Å². The third kappa shape index (κ3) is 4.21. The van der Waals surface area contributed by atoms with Crippen molar-refractivity contribution in [2.24, 2.45) is 5.73 Å². The molecule has 0 aliphatic carbocycles. The Labute approximate surface area is 140 Å². The minimum atomic E-state index is -0.441. The standard InChI is InChI=1S/C15H12FIN2OS/c16-13-7-10(14(18)21)1-2-11(13)8-19-15(20)9-3-5-12(17)6-4-9/h1-7H,8H2,(H2,18,21)(H,19,20). The number of rotatable bonds is 4. The Balaban J connectivity index is 2.04. The molecule has 0 fully saturated rings. The van der Waals surface area contributed by atoms with E-state index in [1.807, 2.05) is 12.1 Å². The van der Waals surface area contributed by atoms with E-state index in [2.05, 4.69) is 27.9 Å². The molecule has 0 saturated carbocycles. The van der Waals surface area contributed by atoms with Crippen LogP contribution < -0.4 is 11.1 Å². The molecule has 6 heteroatoms. The molecule has 21 heavy (non-hydrogen) atoms. The quantitative estimate of drug-likeness (QED) is 0.598. The van der Waals surface area contributed by atoms with Gasteiger partial charge in [-0.05, 0) is 52.9 Å². The van der Waals surface area contributed by atoms with Gasteiger partial charge in [-0.1, -0.05) is 24.4 Å². The first-order valence-corrected chi connectivity index (χ1v) is 7.58. The van der Waals surface area contributed by atoms with Gasteiger partial charge in [-0.2, -0.15) is 0 Å². The topological polar surface area (TPSA) is 55.1 Å². The third-order valence-corrected chi connectivity index (χ3v) is 3.84. The minimum Gasteiger partial charge on any atom is -0.389 e. The number of carbonyl (C=O) groups is 1. The van der Waals surface area contributed by atoms with Gasteiger partial charge >= 0.3 is 0 Å². The van der Waals surface area contributed by atoms with Gasteiger partial charge < -0.3 is 11.1 Å². The van der Waals surface area contributed by atoms with Crippen LogP contribution in [0.1, 0.15) is 21.5 Å². The first-order chi connectivity index (χ1) is 9.97. The highest BCUT2D eigenvalue weighted by Gasteiger charge is 2.08. The first-order valence-electron chi connectivity index (χ1n) is 6.09. The average Bonchev–Trinajstić information content (AvgIpc) is 2.46. The van der Waals surface area contributed by atoms with E-state index in [1.165, 1.54) is 6.07 Å². The number of thiocarbonyl (C=S) groups is 1. The summed E-state index contributed by atoms with van der Waals surface area (Å²) < 4.78 is 14.9. The summed E-state index contributed by atoms with van der Waals surface area (Å²) >= 11 is 6.95. The Kier molecular flexibility index (Phi) is 5.24. The van der Waals surface area contributed by atoms with Crippen LogP contribution in [0.25, 0.3) is 0 Å². The zero-order valence-corrected chi connectivity index (χ0v) is 13.9. The number of amides is 1. The Morgan fingerprint density at radius 3 is 2.38 bits per heavy atom. The normalized spacial score (nSPS) is 10.2. The summed E-state index contributed by atoms with van der Waals surface area (Å²) in [6.45, 7) is 0.105. The second-order valence-electron chi connectivity index (χ2n) is 4.36. The van der Waals surface area contributed by atoms with E-state index < -0.39 is 5.82 Å². The highest BCUT2D eigenvalue weighted by molar-refractivity contribution is 14.1. The summed E-state index contributed by atoms with van der Waals surface area (Å²) in [5, 5.41) is 2.68. The third-order valence-electron chi connectivity index (χ3n) is 2.88. The fraction of sp³-hybridized carbons (Fsp3) is 0.0667. The number of nitrogens with two attached hydrogens (primary N) is 1. The van der Waals surface area contributed by atoms with Gasteiger partial charge in [-0.25, -0.2) is 4.39 Å². The van der Waals surface area contributed by atoms with E-state index in [1.54, 1.807) is 24.3 Å². The zero-order chi connectivity index (χ0) is 15.4. The Hall–Kier alpha value is -1.54. The molecule has 108 valence electrons. The predicted molar refractivity (Wildman–Crippen MR) is 92.6 cm³/mol. The maximum Gasteiger partial charge on any atom is 0.251 e. The number of carbonyl (C=O) groups excluding carboxylic acids is 1. The maximum absolute atomic E-state index is 13.8. The van der Waals surface area contributed by atoms with Gasteiger partial charge in [-0.3, -0.25) is 4.79 Å². The van der Waals surface area contributed by atoms with E-state index in [4.69, 9.17) is 18.0 Å². The largest absolute Gasteiger partial charge is 0.389 e. The van der Waals surface area contributed by atoms with Crippen LogP contribution in [0.3, 0.4) is 0 Å². The van der Waals surface area contributed by atoms with Crippen molar-refractivity contribution in [1.29, 1.82) is 0 Å². The lowest BCUT2D eigenvalue weighted by Gasteiger charge is -2.08. The van der Waals surface area contributed by atoms with Crippen LogP contribution in [0.15, 0.2) is 42.5 Å². The molecule has 0 heterocycles. The summed E-state index contributed by atoms with van der Waals surface area (Å²) in [5.74, 6) is -0.688. The molecule has 3 nitrogen and oxygen atoms in total. The summed E-state index contributed by atoms with van der Waals surface area (Å²) in [7, 11) is 0. The molecule has 0 spiro atoms. The van der Waals surface area contributed by atoms with Crippen LogP contribution in [0.5, 0.6) is 0 Å². The minimum absolute atomic E-state index is 0.105. The van der Waals surface area contributed by atoms with Gasteiger partial charge in [-0.15, -0.1) is 0 Å². The van der Waals surface area contributed by atoms with Gasteiger partial charge in [0.25, 0.3) is 5.91 Å². The molecule has 0 bridgehead atoms. The molecule has 0 radical (unpaired) electrons. The monoisotopic (exact) mass is 414 g/mol. The fourth-order valence-corrected chi connectivity index (χ4v) is 2.21. The lowest BCUT2D eigenvalue weighted by molar-refractivity contribution is 0.0950. The fourth-order valence-electron chi connectivity index (χ4n) is 1.72. The molecule has 3 N–H and O–H groups in total. The molecule has 0 aliphatic heterocycles. The number of hydrogen-bond acceptors (Lipinski definition) is 2. The molecule has 0 unspecified atom stereocenters. The zero-order valence-electron chi connectivity index (χ0n) is 10.9. The molecule has 0 atom stereocenters. The van der Waals surface area contributed by atoms with E-state index in [0.29, 0.717) is 16.7 Å². The molecule has 0 aromatic heterocycles. The van der Waals surface area contributed by atoms with Crippen LogP contribution in [-0.4, -0.2) is 10.9 Å². The molecular formula is C15H12FIN2OS. The summed E-state index contributed by atoms with van der Waals surface area (Å²) in [6.07, 6.45) is 0. The van der Waals surface area contributed by atoms with E-state index in [0.717, 1.165) is 3.57 Å². The van der Waals surface area contributed by atoms with E-state index in [-0.39, 0.29) is 17.4 Å². The highest BCUT2D eigenvalue weighted by Crippen LogP contribution is 2.11. The Morgan fingerprint density at radius 1 is 1.19 bits per heavy atom. The smallest absolute Gasteiger partial charge is 0.251 e. The molecule has 2 aromatic carbocycles. The van der Waals surface area contributed by atoms with E-state index in [9.17, 15) is 9.18 Å². The van der Waals surface area contributed by atoms with Crippen molar-refractivity contribution in [2.75, 3.05) is 0 Å². The second-order valence-corrected chi connectivity index (χ2v) is 6.05. The van der Waals surface area contributed by atoms with Gasteiger partial charge in [0.2, 0.25) is 0 Å². The van der Waals surface area contributed by atoms with Crippen molar-refractivity contribution in [1.82, 2.24) is 5.32 Å². The number of halogens is 2. The maximum atomic E-state index is 13.8. The summed E-state index contributed by atoms with van der Waals surface area (Å²) in [6, 6.07) is 11.6. The van der Waals surface area contributed by atoms with Crippen LogP contribution in [0.4, 0.5) is 4.39 Å². The average molecular weight is 414 g/mol. The van der Waals surface area contributed by atoms with Gasteiger partial charge in [0.1, 0.15) is 10.8 Å². The van der Waals surface area contributed by atoms with Crippen LogP contribution in [-0.2, 0) is 6.54 Å². The van der Waals surface area contributed by atoms with Gasteiger partial charge in [0.05, 0.1) is 0 Å².